The zero-order valence-corrected chi connectivity index (χ0v) is 23.2. The number of hydrogen-bond donors (Lipinski definition) is 0. The van der Waals surface area contributed by atoms with Crippen molar-refractivity contribution < 1.29 is 28.4 Å². The quantitative estimate of drug-likeness (QED) is 0.342. The summed E-state index contributed by atoms with van der Waals surface area (Å²) >= 11 is 0. The van der Waals surface area contributed by atoms with E-state index in [4.69, 9.17) is 28.4 Å². The summed E-state index contributed by atoms with van der Waals surface area (Å²) in [4.78, 5) is 0. The average Bonchev–Trinajstić information content (AvgIpc) is 3.52. The van der Waals surface area contributed by atoms with Crippen molar-refractivity contribution in [3.8, 4) is 11.1 Å². The van der Waals surface area contributed by atoms with Crippen LogP contribution in [-0.2, 0) is 41.4 Å². The van der Waals surface area contributed by atoms with Gasteiger partial charge in [0.1, 0.15) is 24.9 Å². The monoisotopic (exact) mass is 542 g/mol. The molecule has 0 aromatic heterocycles. The van der Waals surface area contributed by atoms with Crippen LogP contribution in [0.25, 0.3) is 11.1 Å². The Bertz CT molecular complexity index is 1280. The molecule has 7 atom stereocenters. The Morgan fingerprint density at radius 1 is 0.800 bits per heavy atom. The first-order valence-corrected chi connectivity index (χ1v) is 14.6. The molecule has 0 bridgehead atoms. The lowest BCUT2D eigenvalue weighted by Crippen LogP contribution is -2.62. The summed E-state index contributed by atoms with van der Waals surface area (Å²) in [6.07, 6.45) is 2.18. The molecule has 1 saturated carbocycles. The topological polar surface area (TPSA) is 55.4 Å². The number of ether oxygens (including phenoxy) is 6. The fourth-order valence-electron chi connectivity index (χ4n) is 6.41. The molecule has 0 radical (unpaired) electrons. The molecule has 4 fully saturated rings. The lowest BCUT2D eigenvalue weighted by atomic mass is 9.97. The Hall–Kier alpha value is -2.58. The van der Waals surface area contributed by atoms with Crippen molar-refractivity contribution in [1.29, 1.82) is 0 Å². The van der Waals surface area contributed by atoms with Gasteiger partial charge in [-0.2, -0.15) is 0 Å². The maximum Gasteiger partial charge on any atom is 0.224 e. The lowest BCUT2D eigenvalue weighted by molar-refractivity contribution is -0.336. The van der Waals surface area contributed by atoms with E-state index in [0.29, 0.717) is 25.0 Å². The van der Waals surface area contributed by atoms with Crippen LogP contribution >= 0.6 is 0 Å². The molecule has 3 aromatic rings. The molecule has 40 heavy (non-hydrogen) atoms. The van der Waals surface area contributed by atoms with Crippen molar-refractivity contribution in [3.05, 3.63) is 96.1 Å². The summed E-state index contributed by atoms with van der Waals surface area (Å²) in [5, 5.41) is 0. The third-order valence-electron chi connectivity index (χ3n) is 8.69. The number of aryl methyl sites for hydroxylation is 1. The Labute approximate surface area is 236 Å². The Balaban J connectivity index is 1.03. The standard InChI is InChI=1S/C34H38O6/c1-33(2)37-22-34(40-33)31(35-20-24-14-16-26(17-15-24)25-11-7-4-8-12-25)30-29(21-36-34)38-32(39-30)28-19-27(28)18-13-23-9-5-3-6-10-23/h3-12,14-17,27-32H,13,18-22H2,1-2H3/t27-,28-,29+,30+,31-,32-,34-/m0/s1. The highest BCUT2D eigenvalue weighted by atomic mass is 16.9. The van der Waals surface area contributed by atoms with Crippen LogP contribution in [0.4, 0.5) is 0 Å². The van der Waals surface area contributed by atoms with Gasteiger partial charge in [-0.1, -0.05) is 84.9 Å². The molecule has 3 saturated heterocycles. The number of fused-ring (bicyclic) bond motifs is 1. The van der Waals surface area contributed by atoms with Crippen LogP contribution in [0.15, 0.2) is 84.9 Å². The van der Waals surface area contributed by atoms with E-state index in [0.717, 1.165) is 24.8 Å². The number of benzene rings is 3. The Morgan fingerprint density at radius 3 is 2.25 bits per heavy atom. The van der Waals surface area contributed by atoms with E-state index in [1.54, 1.807) is 0 Å². The van der Waals surface area contributed by atoms with Gasteiger partial charge in [-0.25, -0.2) is 0 Å². The average molecular weight is 543 g/mol. The summed E-state index contributed by atoms with van der Waals surface area (Å²) in [5.74, 6) is -0.756. The molecule has 0 N–H and O–H groups in total. The highest BCUT2D eigenvalue weighted by Gasteiger charge is 2.63. The molecule has 6 heteroatoms. The second kappa shape index (κ2) is 10.7. The van der Waals surface area contributed by atoms with E-state index in [9.17, 15) is 0 Å². The van der Waals surface area contributed by atoms with Crippen LogP contribution in [0.5, 0.6) is 0 Å². The predicted molar refractivity (Wildman–Crippen MR) is 150 cm³/mol. The molecule has 6 nitrogen and oxygen atoms in total. The molecular weight excluding hydrogens is 504 g/mol. The van der Waals surface area contributed by atoms with Gasteiger partial charge in [0.2, 0.25) is 5.79 Å². The molecule has 1 aliphatic carbocycles. The van der Waals surface area contributed by atoms with Gasteiger partial charge in [0.25, 0.3) is 0 Å². The van der Waals surface area contributed by atoms with Crippen LogP contribution in [0.2, 0.25) is 0 Å². The van der Waals surface area contributed by atoms with Gasteiger partial charge >= 0.3 is 0 Å². The van der Waals surface area contributed by atoms with E-state index in [1.165, 1.54) is 16.7 Å². The minimum atomic E-state index is -1.02. The first-order valence-electron chi connectivity index (χ1n) is 14.6. The molecule has 210 valence electrons. The third-order valence-corrected chi connectivity index (χ3v) is 8.69. The molecule has 0 amide bonds. The van der Waals surface area contributed by atoms with Gasteiger partial charge < -0.3 is 28.4 Å². The molecule has 3 aliphatic heterocycles. The second-order valence-corrected chi connectivity index (χ2v) is 12.0. The molecular formula is C34H38O6. The van der Waals surface area contributed by atoms with E-state index in [-0.39, 0.29) is 25.1 Å². The van der Waals surface area contributed by atoms with Gasteiger partial charge in [-0.05, 0) is 61.3 Å². The van der Waals surface area contributed by atoms with E-state index in [1.807, 2.05) is 19.9 Å². The van der Waals surface area contributed by atoms with Gasteiger partial charge in [0.05, 0.1) is 13.2 Å². The molecule has 3 heterocycles. The SMILES string of the molecule is CC1(C)OC[C@]2(OC[C@H]3O[C@H]([C@H]4C[C@@H]4CCc4ccccc4)O[C@H]3[C@@H]2OCc2ccc(-c3ccccc3)cc2)O1. The third kappa shape index (κ3) is 5.37. The van der Waals surface area contributed by atoms with E-state index < -0.39 is 17.7 Å². The van der Waals surface area contributed by atoms with Crippen molar-refractivity contribution in [1.82, 2.24) is 0 Å². The Kier molecular flexibility index (Phi) is 7.03. The smallest absolute Gasteiger partial charge is 0.224 e. The first kappa shape index (κ1) is 26.3. The maximum atomic E-state index is 6.64. The van der Waals surface area contributed by atoms with Crippen LogP contribution < -0.4 is 0 Å². The summed E-state index contributed by atoms with van der Waals surface area (Å²) < 4.78 is 38.4. The van der Waals surface area contributed by atoms with Crippen molar-refractivity contribution in [2.45, 2.75) is 75.9 Å². The van der Waals surface area contributed by atoms with E-state index >= 15 is 0 Å². The van der Waals surface area contributed by atoms with Gasteiger partial charge in [0, 0.05) is 5.92 Å². The predicted octanol–water partition coefficient (Wildman–Crippen LogP) is 6.13. The summed E-state index contributed by atoms with van der Waals surface area (Å²) in [5.41, 5.74) is 4.84. The zero-order valence-electron chi connectivity index (χ0n) is 23.2. The van der Waals surface area contributed by atoms with Crippen LogP contribution in [0.3, 0.4) is 0 Å². The highest BCUT2D eigenvalue weighted by molar-refractivity contribution is 5.63. The van der Waals surface area contributed by atoms with Gasteiger partial charge in [-0.15, -0.1) is 0 Å². The molecule has 3 aromatic carbocycles. The van der Waals surface area contributed by atoms with Crippen LogP contribution in [0.1, 0.15) is 37.8 Å². The minimum absolute atomic E-state index is 0.191. The van der Waals surface area contributed by atoms with E-state index in [2.05, 4.69) is 78.9 Å². The number of rotatable bonds is 8. The molecule has 0 unspecified atom stereocenters. The largest absolute Gasteiger partial charge is 0.365 e. The van der Waals surface area contributed by atoms with Crippen LogP contribution in [-0.4, -0.2) is 49.4 Å². The Morgan fingerprint density at radius 2 is 1.52 bits per heavy atom. The van der Waals surface area contributed by atoms with Crippen molar-refractivity contribution in [2.24, 2.45) is 11.8 Å². The van der Waals surface area contributed by atoms with Gasteiger partial charge in [0.15, 0.2) is 12.1 Å². The summed E-state index contributed by atoms with van der Waals surface area (Å²) in [7, 11) is 0. The molecule has 7 rings (SSSR count). The summed E-state index contributed by atoms with van der Waals surface area (Å²) in [6, 6.07) is 29.6. The first-order chi connectivity index (χ1) is 19.5. The van der Waals surface area contributed by atoms with Crippen molar-refractivity contribution >= 4 is 0 Å². The molecule has 1 spiro atoms. The molecule has 4 aliphatic rings. The maximum absolute atomic E-state index is 6.64. The fraction of sp³-hybridized carbons (Fsp3) is 0.471. The highest BCUT2D eigenvalue weighted by Crippen LogP contribution is 2.51. The minimum Gasteiger partial charge on any atom is -0.365 e. The zero-order chi connectivity index (χ0) is 27.2. The normalized spacial score (nSPS) is 34.1. The second-order valence-electron chi connectivity index (χ2n) is 12.0. The number of hydrogen-bond acceptors (Lipinski definition) is 6. The fourth-order valence-corrected chi connectivity index (χ4v) is 6.41. The van der Waals surface area contributed by atoms with Gasteiger partial charge in [-0.3, -0.25) is 0 Å². The lowest BCUT2D eigenvalue weighted by Gasteiger charge is -2.43. The van der Waals surface area contributed by atoms with Crippen molar-refractivity contribution in [3.63, 3.8) is 0 Å². The summed E-state index contributed by atoms with van der Waals surface area (Å²) in [6.45, 7) is 4.92. The van der Waals surface area contributed by atoms with Crippen LogP contribution in [0, 0.1) is 11.8 Å². The van der Waals surface area contributed by atoms with Crippen molar-refractivity contribution in [2.75, 3.05) is 13.2 Å².